The molecule has 2 aromatic carbocycles. The standard InChI is InChI=1S/C26H32N2O2/c1-30-24-12-9-22(10-13-24)11-14-26(29)28-17-5-8-23-20-27(19-16-25(23)28)18-15-21-6-3-2-4-7-21/h2-4,6-7,9-14,23,25H,5,8,15-20H2,1H3/b14-11+/t23-,25+/m1/s1. The van der Waals surface area contributed by atoms with Crippen LogP contribution < -0.4 is 4.74 Å². The number of piperidine rings is 2. The highest BCUT2D eigenvalue weighted by Gasteiger charge is 2.37. The molecule has 1 amide bonds. The fourth-order valence-corrected chi connectivity index (χ4v) is 4.87. The number of rotatable bonds is 6. The summed E-state index contributed by atoms with van der Waals surface area (Å²) in [7, 11) is 1.66. The molecule has 4 nitrogen and oxygen atoms in total. The topological polar surface area (TPSA) is 32.8 Å². The molecule has 2 fully saturated rings. The minimum Gasteiger partial charge on any atom is -0.497 e. The second-order valence-electron chi connectivity index (χ2n) is 8.43. The zero-order valence-corrected chi connectivity index (χ0v) is 17.9. The molecule has 0 spiro atoms. The van der Waals surface area contributed by atoms with Gasteiger partial charge in [-0.15, -0.1) is 0 Å². The van der Waals surface area contributed by atoms with Crippen molar-refractivity contribution in [2.45, 2.75) is 31.7 Å². The van der Waals surface area contributed by atoms with E-state index in [4.69, 9.17) is 4.74 Å². The van der Waals surface area contributed by atoms with E-state index >= 15 is 0 Å². The fraction of sp³-hybridized carbons (Fsp3) is 0.423. The molecule has 4 rings (SSSR count). The van der Waals surface area contributed by atoms with Crippen LogP contribution in [0.25, 0.3) is 6.08 Å². The molecule has 0 aromatic heterocycles. The molecular weight excluding hydrogens is 372 g/mol. The van der Waals surface area contributed by atoms with Crippen LogP contribution in [-0.4, -0.2) is 55.0 Å². The van der Waals surface area contributed by atoms with Crippen LogP contribution in [0.3, 0.4) is 0 Å². The van der Waals surface area contributed by atoms with Crippen LogP contribution in [0, 0.1) is 5.92 Å². The van der Waals surface area contributed by atoms with E-state index in [-0.39, 0.29) is 5.91 Å². The first-order valence-electron chi connectivity index (χ1n) is 11.1. The quantitative estimate of drug-likeness (QED) is 0.675. The molecule has 2 heterocycles. The molecule has 2 atom stereocenters. The lowest BCUT2D eigenvalue weighted by Gasteiger charge is -2.47. The minimum atomic E-state index is 0.151. The first-order valence-corrected chi connectivity index (χ1v) is 11.1. The Bertz CT molecular complexity index is 847. The van der Waals surface area contributed by atoms with E-state index in [1.807, 2.05) is 30.3 Å². The molecule has 0 radical (unpaired) electrons. The number of carbonyl (C=O) groups is 1. The number of hydrogen-bond acceptors (Lipinski definition) is 3. The van der Waals surface area contributed by atoms with E-state index in [0.717, 1.165) is 56.8 Å². The van der Waals surface area contributed by atoms with Crippen LogP contribution in [0.2, 0.25) is 0 Å². The number of nitrogens with zero attached hydrogens (tertiary/aromatic N) is 2. The van der Waals surface area contributed by atoms with Gasteiger partial charge in [-0.2, -0.15) is 0 Å². The molecule has 30 heavy (non-hydrogen) atoms. The van der Waals surface area contributed by atoms with Gasteiger partial charge in [-0.05, 0) is 60.9 Å². The Hall–Kier alpha value is -2.59. The fourth-order valence-electron chi connectivity index (χ4n) is 4.87. The first kappa shape index (κ1) is 20.7. The third kappa shape index (κ3) is 5.11. The number of ether oxygens (including phenoxy) is 1. The molecule has 0 N–H and O–H groups in total. The van der Waals surface area contributed by atoms with Crippen molar-refractivity contribution in [2.75, 3.05) is 33.3 Å². The zero-order chi connectivity index (χ0) is 20.8. The highest BCUT2D eigenvalue weighted by Crippen LogP contribution is 2.31. The monoisotopic (exact) mass is 404 g/mol. The van der Waals surface area contributed by atoms with Gasteiger partial charge in [0.25, 0.3) is 0 Å². The molecule has 0 unspecified atom stereocenters. The van der Waals surface area contributed by atoms with Gasteiger partial charge in [0.2, 0.25) is 5.91 Å². The normalized spacial score (nSPS) is 22.1. The molecule has 4 heteroatoms. The Labute approximate surface area is 180 Å². The summed E-state index contributed by atoms with van der Waals surface area (Å²) in [5, 5.41) is 0. The van der Waals surface area contributed by atoms with Crippen molar-refractivity contribution in [3.63, 3.8) is 0 Å². The van der Waals surface area contributed by atoms with E-state index in [2.05, 4.69) is 40.1 Å². The van der Waals surface area contributed by atoms with Crippen LogP contribution in [0.15, 0.2) is 60.7 Å². The SMILES string of the molecule is COc1ccc(/C=C/C(=O)N2CCC[C@@H]3CN(CCc4ccccc4)CC[C@@H]32)cc1. The maximum atomic E-state index is 12.9. The summed E-state index contributed by atoms with van der Waals surface area (Å²) >= 11 is 0. The average molecular weight is 405 g/mol. The second-order valence-corrected chi connectivity index (χ2v) is 8.43. The van der Waals surface area contributed by atoms with Crippen LogP contribution in [0.5, 0.6) is 5.75 Å². The van der Waals surface area contributed by atoms with Crippen molar-refractivity contribution < 1.29 is 9.53 Å². The maximum absolute atomic E-state index is 12.9. The average Bonchev–Trinajstić information content (AvgIpc) is 2.81. The maximum Gasteiger partial charge on any atom is 0.246 e. The van der Waals surface area contributed by atoms with Crippen molar-refractivity contribution in [3.05, 3.63) is 71.8 Å². The van der Waals surface area contributed by atoms with Crippen LogP contribution >= 0.6 is 0 Å². The summed E-state index contributed by atoms with van der Waals surface area (Å²) < 4.78 is 5.20. The summed E-state index contributed by atoms with van der Waals surface area (Å²) in [5.74, 6) is 1.58. The van der Waals surface area contributed by atoms with E-state index < -0.39 is 0 Å². The van der Waals surface area contributed by atoms with Gasteiger partial charge in [-0.1, -0.05) is 42.5 Å². The third-order valence-corrected chi connectivity index (χ3v) is 6.53. The summed E-state index contributed by atoms with van der Waals surface area (Å²) in [6, 6.07) is 18.9. The van der Waals surface area contributed by atoms with E-state index in [9.17, 15) is 4.79 Å². The predicted molar refractivity (Wildman–Crippen MR) is 121 cm³/mol. The van der Waals surface area contributed by atoms with Crippen molar-refractivity contribution in [3.8, 4) is 5.75 Å². The summed E-state index contributed by atoms with van der Waals surface area (Å²) in [4.78, 5) is 17.7. The van der Waals surface area contributed by atoms with Gasteiger partial charge in [0.15, 0.2) is 0 Å². The molecule has 0 bridgehead atoms. The summed E-state index contributed by atoms with van der Waals surface area (Å²) in [5.41, 5.74) is 2.43. The van der Waals surface area contributed by atoms with E-state index in [1.165, 1.54) is 12.0 Å². The molecule has 0 aliphatic carbocycles. The van der Waals surface area contributed by atoms with Gasteiger partial charge in [0.05, 0.1) is 7.11 Å². The molecule has 2 aliphatic heterocycles. The Balaban J connectivity index is 1.32. The number of carbonyl (C=O) groups excluding carboxylic acids is 1. The van der Waals surface area contributed by atoms with Gasteiger partial charge in [0.1, 0.15) is 5.75 Å². The Morgan fingerprint density at radius 2 is 1.87 bits per heavy atom. The summed E-state index contributed by atoms with van der Waals surface area (Å²) in [6.07, 6.45) is 8.19. The lowest BCUT2D eigenvalue weighted by molar-refractivity contribution is -0.132. The molecule has 2 aliphatic rings. The molecular formula is C26H32N2O2. The van der Waals surface area contributed by atoms with E-state index in [1.54, 1.807) is 13.2 Å². The predicted octanol–water partition coefficient (Wildman–Crippen LogP) is 4.26. The van der Waals surface area contributed by atoms with Gasteiger partial charge in [-0.25, -0.2) is 0 Å². The Kier molecular flexibility index (Phi) is 6.85. The smallest absolute Gasteiger partial charge is 0.246 e. The molecule has 2 saturated heterocycles. The van der Waals surface area contributed by atoms with Gasteiger partial charge < -0.3 is 14.5 Å². The second kappa shape index (κ2) is 9.94. The molecule has 2 aromatic rings. The third-order valence-electron chi connectivity index (χ3n) is 6.53. The van der Waals surface area contributed by atoms with Crippen molar-refractivity contribution in [2.24, 2.45) is 5.92 Å². The highest BCUT2D eigenvalue weighted by atomic mass is 16.5. The van der Waals surface area contributed by atoms with Crippen LogP contribution in [-0.2, 0) is 11.2 Å². The van der Waals surface area contributed by atoms with Crippen molar-refractivity contribution in [1.29, 1.82) is 0 Å². The van der Waals surface area contributed by atoms with E-state index in [0.29, 0.717) is 12.0 Å². The van der Waals surface area contributed by atoms with Gasteiger partial charge >= 0.3 is 0 Å². The Morgan fingerprint density at radius 1 is 1.07 bits per heavy atom. The minimum absolute atomic E-state index is 0.151. The number of methoxy groups -OCH3 is 1. The highest BCUT2D eigenvalue weighted by molar-refractivity contribution is 5.92. The van der Waals surface area contributed by atoms with Crippen LogP contribution in [0.1, 0.15) is 30.4 Å². The largest absolute Gasteiger partial charge is 0.497 e. The zero-order valence-electron chi connectivity index (χ0n) is 17.9. The summed E-state index contributed by atoms with van der Waals surface area (Å²) in [6.45, 7) is 4.19. The number of likely N-dealkylation sites (tertiary alicyclic amines) is 2. The Morgan fingerprint density at radius 3 is 2.63 bits per heavy atom. The van der Waals surface area contributed by atoms with Crippen molar-refractivity contribution in [1.82, 2.24) is 9.80 Å². The number of amides is 1. The molecule has 158 valence electrons. The van der Waals surface area contributed by atoms with Crippen LogP contribution in [0.4, 0.5) is 0 Å². The lowest BCUT2D eigenvalue weighted by Crippen LogP contribution is -2.55. The van der Waals surface area contributed by atoms with Crippen molar-refractivity contribution >= 4 is 12.0 Å². The van der Waals surface area contributed by atoms with Gasteiger partial charge in [0, 0.05) is 38.3 Å². The molecule has 0 saturated carbocycles. The lowest BCUT2D eigenvalue weighted by atomic mass is 9.83. The number of hydrogen-bond donors (Lipinski definition) is 0. The van der Waals surface area contributed by atoms with Gasteiger partial charge in [-0.3, -0.25) is 4.79 Å². The number of fused-ring (bicyclic) bond motifs is 1. The first-order chi connectivity index (χ1) is 14.7. The number of benzene rings is 2.